The van der Waals surface area contributed by atoms with Crippen LogP contribution < -0.4 is 10.5 Å². The molecular weight excluding hydrogens is 454 g/mol. The van der Waals surface area contributed by atoms with Crippen molar-refractivity contribution in [2.75, 3.05) is 26.4 Å². The molecule has 0 spiro atoms. The van der Waals surface area contributed by atoms with E-state index < -0.39 is 0 Å². The minimum absolute atomic E-state index is 0.0426. The molecule has 1 amide bonds. The number of carbonyl (C=O) groups is 1. The van der Waals surface area contributed by atoms with Crippen molar-refractivity contribution in [2.45, 2.75) is 13.3 Å². The molecule has 0 unspecified atom stereocenters. The van der Waals surface area contributed by atoms with Gasteiger partial charge in [0, 0.05) is 56.5 Å². The number of hydrogen-bond donors (Lipinski definition) is 1. The van der Waals surface area contributed by atoms with Crippen LogP contribution in [0, 0.1) is 6.92 Å². The largest absolute Gasteiger partial charge is 0.493 e. The van der Waals surface area contributed by atoms with Crippen molar-refractivity contribution in [1.29, 1.82) is 0 Å². The Balaban J connectivity index is 0.000000152. The summed E-state index contributed by atoms with van der Waals surface area (Å²) in [4.78, 5) is 26.4. The van der Waals surface area contributed by atoms with Crippen molar-refractivity contribution in [3.8, 4) is 16.9 Å². The van der Waals surface area contributed by atoms with Crippen molar-refractivity contribution < 1.29 is 9.53 Å². The highest BCUT2D eigenvalue weighted by Gasteiger charge is 2.15. The predicted octanol–water partition coefficient (Wildman–Crippen LogP) is 3.79. The molecule has 36 heavy (non-hydrogen) atoms. The van der Waals surface area contributed by atoms with Gasteiger partial charge in [-0.1, -0.05) is 12.1 Å². The Labute approximate surface area is 208 Å². The molecule has 0 radical (unpaired) electrons. The number of pyridine rings is 1. The summed E-state index contributed by atoms with van der Waals surface area (Å²) in [7, 11) is 5.31. The first kappa shape index (κ1) is 23.2. The van der Waals surface area contributed by atoms with Crippen LogP contribution in [0.3, 0.4) is 0 Å². The Morgan fingerprint density at radius 2 is 1.81 bits per heavy atom. The van der Waals surface area contributed by atoms with Gasteiger partial charge in [-0.25, -0.2) is 15.0 Å². The van der Waals surface area contributed by atoms with Crippen LogP contribution in [-0.2, 0) is 13.5 Å². The zero-order chi connectivity index (χ0) is 25.4. The third kappa shape index (κ3) is 4.31. The maximum Gasteiger partial charge on any atom is 0.253 e. The van der Waals surface area contributed by atoms with E-state index in [-0.39, 0.29) is 5.91 Å². The van der Waals surface area contributed by atoms with Gasteiger partial charge in [0.05, 0.1) is 29.2 Å². The third-order valence-electron chi connectivity index (χ3n) is 6.17. The molecule has 2 aromatic carbocycles. The molecule has 1 aliphatic rings. The fourth-order valence-electron chi connectivity index (χ4n) is 4.24. The highest BCUT2D eigenvalue weighted by molar-refractivity contribution is 6.10. The second-order valence-corrected chi connectivity index (χ2v) is 8.90. The van der Waals surface area contributed by atoms with Crippen LogP contribution in [0.15, 0.2) is 55.0 Å². The molecule has 9 heteroatoms. The van der Waals surface area contributed by atoms with Gasteiger partial charge in [0.25, 0.3) is 5.91 Å². The van der Waals surface area contributed by atoms with Gasteiger partial charge >= 0.3 is 0 Å². The normalized spacial score (nSPS) is 12.1. The number of hydrogen-bond acceptors (Lipinski definition) is 7. The van der Waals surface area contributed by atoms with Crippen LogP contribution in [-0.4, -0.2) is 56.2 Å². The predicted molar refractivity (Wildman–Crippen MR) is 140 cm³/mol. The number of nitrogen functional groups attached to an aromatic ring is 1. The quantitative estimate of drug-likeness (QED) is 0.408. The lowest BCUT2D eigenvalue weighted by Crippen LogP contribution is -2.21. The minimum Gasteiger partial charge on any atom is -0.493 e. The Bertz CT molecular complexity index is 1590. The third-order valence-corrected chi connectivity index (χ3v) is 6.17. The number of fused-ring (bicyclic) bond motifs is 4. The molecule has 182 valence electrons. The summed E-state index contributed by atoms with van der Waals surface area (Å²) in [6.45, 7) is 2.68. The maximum atomic E-state index is 12.1. The number of nitrogens with zero attached hydrogens (tertiary/aromatic N) is 6. The molecular formula is C27H27N7O2. The highest BCUT2D eigenvalue weighted by atomic mass is 16.5. The number of aromatic nitrogens is 5. The van der Waals surface area contributed by atoms with Gasteiger partial charge in [0.15, 0.2) is 0 Å². The molecule has 5 aromatic rings. The Morgan fingerprint density at radius 1 is 1.03 bits per heavy atom. The number of benzene rings is 2. The molecule has 0 saturated heterocycles. The second kappa shape index (κ2) is 9.26. The van der Waals surface area contributed by atoms with E-state index in [1.807, 2.05) is 38.5 Å². The molecule has 3 aromatic heterocycles. The van der Waals surface area contributed by atoms with Crippen LogP contribution in [0.1, 0.15) is 21.7 Å². The number of carbonyl (C=O) groups excluding carboxylic acids is 1. The molecule has 0 atom stereocenters. The summed E-state index contributed by atoms with van der Waals surface area (Å²) in [5, 5.41) is 5.89. The second-order valence-electron chi connectivity index (χ2n) is 8.90. The van der Waals surface area contributed by atoms with E-state index in [9.17, 15) is 4.79 Å². The summed E-state index contributed by atoms with van der Waals surface area (Å²) >= 11 is 0. The number of amides is 1. The van der Waals surface area contributed by atoms with Gasteiger partial charge in [-0.05, 0) is 42.3 Å². The molecule has 0 fully saturated rings. The summed E-state index contributed by atoms with van der Waals surface area (Å²) < 4.78 is 7.29. The molecule has 2 N–H and O–H groups in total. The number of ether oxygens (including phenoxy) is 1. The number of nitrogens with two attached hydrogens (primary N) is 1. The summed E-state index contributed by atoms with van der Waals surface area (Å²) in [5.74, 6) is 2.20. The van der Waals surface area contributed by atoms with E-state index in [1.165, 1.54) is 5.56 Å². The Kier molecular flexibility index (Phi) is 5.97. The molecule has 4 heterocycles. The topological polar surface area (TPSA) is 112 Å². The lowest BCUT2D eigenvalue weighted by atomic mass is 10.1. The Hall–Kier alpha value is -4.53. The summed E-state index contributed by atoms with van der Waals surface area (Å²) in [6.07, 6.45) is 6.40. The standard InChI is InChI=1S/C14H15N5O.C13H12N2O/c1-18(2)14(20)8-4-5-11-9(6-8)12-10(13(15)17-11)7-16-19(12)3;1-9-14-7-12(8-15-9)11-3-2-10-4-5-16-13(10)6-11/h4-7H,1-3H3,(H2,15,17);2-3,6-8H,4-5H2,1H3. The first-order chi connectivity index (χ1) is 17.3. The van der Waals surface area contributed by atoms with E-state index in [0.717, 1.165) is 57.5 Å². The average molecular weight is 482 g/mol. The summed E-state index contributed by atoms with van der Waals surface area (Å²) in [5.41, 5.74) is 11.6. The van der Waals surface area contributed by atoms with Crippen LogP contribution in [0.4, 0.5) is 5.82 Å². The number of aryl methyl sites for hydroxylation is 2. The fraction of sp³-hybridized carbons (Fsp3) is 0.222. The van der Waals surface area contributed by atoms with E-state index >= 15 is 0 Å². The van der Waals surface area contributed by atoms with Crippen molar-refractivity contribution in [1.82, 2.24) is 29.6 Å². The van der Waals surface area contributed by atoms with E-state index in [4.69, 9.17) is 10.5 Å². The van der Waals surface area contributed by atoms with Crippen LogP contribution >= 0.6 is 0 Å². The lowest BCUT2D eigenvalue weighted by molar-refractivity contribution is 0.0828. The van der Waals surface area contributed by atoms with E-state index in [2.05, 4.69) is 38.2 Å². The number of rotatable bonds is 2. The van der Waals surface area contributed by atoms with Crippen molar-refractivity contribution >= 4 is 33.5 Å². The van der Waals surface area contributed by atoms with E-state index in [0.29, 0.717) is 11.4 Å². The molecule has 0 saturated carbocycles. The smallest absolute Gasteiger partial charge is 0.253 e. The van der Waals surface area contributed by atoms with Crippen molar-refractivity contribution in [3.05, 3.63) is 71.9 Å². The molecule has 0 bridgehead atoms. The molecule has 9 nitrogen and oxygen atoms in total. The van der Waals surface area contributed by atoms with Gasteiger partial charge < -0.3 is 15.4 Å². The molecule has 1 aliphatic heterocycles. The molecule has 6 rings (SSSR count). The van der Waals surface area contributed by atoms with Gasteiger partial charge in [-0.15, -0.1) is 0 Å². The minimum atomic E-state index is -0.0426. The zero-order valence-electron chi connectivity index (χ0n) is 20.7. The van der Waals surface area contributed by atoms with Crippen molar-refractivity contribution in [2.24, 2.45) is 7.05 Å². The van der Waals surface area contributed by atoms with Gasteiger partial charge in [0.2, 0.25) is 0 Å². The van der Waals surface area contributed by atoms with Crippen LogP contribution in [0.2, 0.25) is 0 Å². The SMILES string of the molecule is CN(C)C(=O)c1ccc2nc(N)c3cnn(C)c3c2c1.Cc1ncc(-c2ccc3c(c2)OCC3)cn1. The van der Waals surface area contributed by atoms with Gasteiger partial charge in [0.1, 0.15) is 17.4 Å². The van der Waals surface area contributed by atoms with Gasteiger partial charge in [-0.3, -0.25) is 9.48 Å². The molecule has 0 aliphatic carbocycles. The lowest BCUT2D eigenvalue weighted by Gasteiger charge is -2.11. The van der Waals surface area contributed by atoms with Crippen LogP contribution in [0.25, 0.3) is 32.9 Å². The van der Waals surface area contributed by atoms with Crippen LogP contribution in [0.5, 0.6) is 5.75 Å². The first-order valence-corrected chi connectivity index (χ1v) is 11.6. The monoisotopic (exact) mass is 481 g/mol. The van der Waals surface area contributed by atoms with E-state index in [1.54, 1.807) is 35.9 Å². The summed E-state index contributed by atoms with van der Waals surface area (Å²) in [6, 6.07) is 11.7. The number of anilines is 1. The highest BCUT2D eigenvalue weighted by Crippen LogP contribution is 2.30. The average Bonchev–Trinajstić information content (AvgIpc) is 3.51. The zero-order valence-corrected chi connectivity index (χ0v) is 20.7. The maximum absolute atomic E-state index is 12.1. The van der Waals surface area contributed by atoms with Crippen molar-refractivity contribution in [3.63, 3.8) is 0 Å². The van der Waals surface area contributed by atoms with Gasteiger partial charge in [-0.2, -0.15) is 5.10 Å². The Morgan fingerprint density at radius 3 is 2.56 bits per heavy atom. The fourth-order valence-corrected chi connectivity index (χ4v) is 4.24. The first-order valence-electron chi connectivity index (χ1n) is 11.6.